The van der Waals surface area contributed by atoms with Gasteiger partial charge in [-0.15, -0.1) is 0 Å². The molecule has 1 fully saturated rings. The third-order valence-electron chi connectivity index (χ3n) is 4.47. The lowest BCUT2D eigenvalue weighted by molar-refractivity contribution is 0.261. The van der Waals surface area contributed by atoms with Crippen LogP contribution in [-0.2, 0) is 10.0 Å². The lowest BCUT2D eigenvalue weighted by atomic mass is 9.95. The second-order valence-corrected chi connectivity index (χ2v) is 7.77. The van der Waals surface area contributed by atoms with E-state index in [4.69, 9.17) is 5.73 Å². The van der Waals surface area contributed by atoms with Crippen LogP contribution in [-0.4, -0.2) is 25.3 Å². The SMILES string of the molecule is CCN(C1CCCCC1)S(=O)(=O)c1c(C)ccc(C)c1N. The van der Waals surface area contributed by atoms with Crippen molar-refractivity contribution >= 4 is 15.7 Å². The van der Waals surface area contributed by atoms with Crippen molar-refractivity contribution in [1.29, 1.82) is 0 Å². The predicted molar refractivity (Wildman–Crippen MR) is 86.8 cm³/mol. The van der Waals surface area contributed by atoms with Gasteiger partial charge in [0.2, 0.25) is 10.0 Å². The van der Waals surface area contributed by atoms with Crippen LogP contribution in [0.2, 0.25) is 0 Å². The van der Waals surface area contributed by atoms with Crippen molar-refractivity contribution in [3.05, 3.63) is 23.3 Å². The van der Waals surface area contributed by atoms with Gasteiger partial charge in [-0.25, -0.2) is 8.42 Å². The molecule has 0 radical (unpaired) electrons. The van der Waals surface area contributed by atoms with E-state index >= 15 is 0 Å². The highest BCUT2D eigenvalue weighted by molar-refractivity contribution is 7.89. The molecule has 0 saturated heterocycles. The zero-order valence-electron chi connectivity index (χ0n) is 13.2. The molecule has 0 aliphatic heterocycles. The van der Waals surface area contributed by atoms with E-state index in [0.29, 0.717) is 17.1 Å². The number of nitrogens with zero attached hydrogens (tertiary/aromatic N) is 1. The molecule has 21 heavy (non-hydrogen) atoms. The fourth-order valence-electron chi connectivity index (χ4n) is 3.26. The lowest BCUT2D eigenvalue weighted by Crippen LogP contribution is -2.41. The molecule has 2 rings (SSSR count). The molecule has 0 amide bonds. The van der Waals surface area contributed by atoms with Gasteiger partial charge in [-0.05, 0) is 37.8 Å². The molecule has 118 valence electrons. The molecule has 0 spiro atoms. The molecule has 1 saturated carbocycles. The zero-order chi connectivity index (χ0) is 15.6. The van der Waals surface area contributed by atoms with E-state index < -0.39 is 10.0 Å². The summed E-state index contributed by atoms with van der Waals surface area (Å²) in [6.07, 6.45) is 5.34. The van der Waals surface area contributed by atoms with Gasteiger partial charge in [-0.2, -0.15) is 4.31 Å². The minimum Gasteiger partial charge on any atom is -0.397 e. The van der Waals surface area contributed by atoms with Crippen LogP contribution in [0.5, 0.6) is 0 Å². The number of anilines is 1. The predicted octanol–water partition coefficient (Wildman–Crippen LogP) is 3.23. The Morgan fingerprint density at radius 3 is 2.29 bits per heavy atom. The Hall–Kier alpha value is -1.07. The Balaban J connectivity index is 2.47. The summed E-state index contributed by atoms with van der Waals surface area (Å²) >= 11 is 0. The van der Waals surface area contributed by atoms with Crippen molar-refractivity contribution in [2.45, 2.75) is 63.8 Å². The summed E-state index contributed by atoms with van der Waals surface area (Å²) in [6.45, 7) is 6.08. The maximum absolute atomic E-state index is 13.1. The molecular weight excluding hydrogens is 284 g/mol. The molecule has 1 aliphatic rings. The zero-order valence-corrected chi connectivity index (χ0v) is 14.0. The first-order valence-electron chi connectivity index (χ1n) is 7.77. The quantitative estimate of drug-likeness (QED) is 0.868. The van der Waals surface area contributed by atoms with E-state index in [1.807, 2.05) is 32.9 Å². The third-order valence-corrected chi connectivity index (χ3v) is 6.70. The highest BCUT2D eigenvalue weighted by atomic mass is 32.2. The van der Waals surface area contributed by atoms with Crippen LogP contribution in [0.25, 0.3) is 0 Å². The Morgan fingerprint density at radius 2 is 1.71 bits per heavy atom. The standard InChI is InChI=1S/C16H26N2O2S/c1-4-18(14-8-6-5-7-9-14)21(19,20)16-13(3)11-10-12(2)15(16)17/h10-11,14H,4-9,17H2,1-3H3. The van der Waals surface area contributed by atoms with Crippen molar-refractivity contribution in [3.63, 3.8) is 0 Å². The molecule has 0 aromatic heterocycles. The molecule has 4 nitrogen and oxygen atoms in total. The van der Waals surface area contributed by atoms with Crippen LogP contribution in [0.4, 0.5) is 5.69 Å². The van der Waals surface area contributed by atoms with E-state index in [1.54, 1.807) is 4.31 Å². The van der Waals surface area contributed by atoms with Crippen molar-refractivity contribution in [2.75, 3.05) is 12.3 Å². The molecular formula is C16H26N2O2S. The molecule has 1 aromatic rings. The number of nitrogens with two attached hydrogens (primary N) is 1. The lowest BCUT2D eigenvalue weighted by Gasteiger charge is -2.33. The van der Waals surface area contributed by atoms with Gasteiger partial charge in [0.05, 0.1) is 5.69 Å². The molecule has 5 heteroatoms. The van der Waals surface area contributed by atoms with E-state index in [9.17, 15) is 8.42 Å². The highest BCUT2D eigenvalue weighted by Crippen LogP contribution is 2.32. The third kappa shape index (κ3) is 3.09. The average molecular weight is 310 g/mol. The summed E-state index contributed by atoms with van der Waals surface area (Å²) in [5.74, 6) is 0. The second kappa shape index (κ2) is 6.36. The average Bonchev–Trinajstić information content (AvgIpc) is 2.45. The molecule has 0 heterocycles. The van der Waals surface area contributed by atoms with Crippen molar-refractivity contribution in [3.8, 4) is 0 Å². The number of hydrogen-bond donors (Lipinski definition) is 1. The van der Waals surface area contributed by atoms with Crippen LogP contribution in [0.3, 0.4) is 0 Å². The molecule has 1 aliphatic carbocycles. The van der Waals surface area contributed by atoms with Gasteiger partial charge in [-0.1, -0.05) is 38.3 Å². The molecule has 2 N–H and O–H groups in total. The monoisotopic (exact) mass is 310 g/mol. The van der Waals surface area contributed by atoms with Gasteiger partial charge in [0.15, 0.2) is 0 Å². The van der Waals surface area contributed by atoms with Gasteiger partial charge in [0, 0.05) is 12.6 Å². The van der Waals surface area contributed by atoms with E-state index in [2.05, 4.69) is 0 Å². The molecule has 0 bridgehead atoms. The van der Waals surface area contributed by atoms with Gasteiger partial charge in [0.25, 0.3) is 0 Å². The van der Waals surface area contributed by atoms with Crippen molar-refractivity contribution < 1.29 is 8.42 Å². The normalized spacial score (nSPS) is 17.3. The van der Waals surface area contributed by atoms with Crippen molar-refractivity contribution in [1.82, 2.24) is 4.31 Å². The molecule has 1 aromatic carbocycles. The summed E-state index contributed by atoms with van der Waals surface area (Å²) in [7, 11) is -3.53. The molecule has 0 unspecified atom stereocenters. The van der Waals surface area contributed by atoms with Gasteiger partial charge >= 0.3 is 0 Å². The summed E-state index contributed by atoms with van der Waals surface area (Å²) in [5, 5.41) is 0. The van der Waals surface area contributed by atoms with Gasteiger partial charge < -0.3 is 5.73 Å². The fourth-order valence-corrected chi connectivity index (χ4v) is 5.35. The Morgan fingerprint density at radius 1 is 1.14 bits per heavy atom. The van der Waals surface area contributed by atoms with Gasteiger partial charge in [0.1, 0.15) is 4.90 Å². The van der Waals surface area contributed by atoms with Gasteiger partial charge in [-0.3, -0.25) is 0 Å². The Kier molecular flexibility index (Phi) is 4.94. The minimum absolute atomic E-state index is 0.119. The van der Waals surface area contributed by atoms with Crippen molar-refractivity contribution in [2.24, 2.45) is 0 Å². The second-order valence-electron chi connectivity index (χ2n) is 5.94. The number of sulfonamides is 1. The summed E-state index contributed by atoms with van der Waals surface area (Å²) in [6, 6.07) is 3.83. The van der Waals surface area contributed by atoms with Crippen LogP contribution < -0.4 is 5.73 Å². The highest BCUT2D eigenvalue weighted by Gasteiger charge is 2.33. The summed E-state index contributed by atoms with van der Waals surface area (Å²) < 4.78 is 27.9. The summed E-state index contributed by atoms with van der Waals surface area (Å²) in [5.41, 5.74) is 8.03. The summed E-state index contributed by atoms with van der Waals surface area (Å²) in [4.78, 5) is 0.301. The van der Waals surface area contributed by atoms with Crippen LogP contribution in [0.15, 0.2) is 17.0 Å². The van der Waals surface area contributed by atoms with E-state index in [0.717, 1.165) is 36.8 Å². The van der Waals surface area contributed by atoms with Crippen LogP contribution >= 0.6 is 0 Å². The number of hydrogen-bond acceptors (Lipinski definition) is 3. The first kappa shape index (κ1) is 16.3. The number of rotatable bonds is 4. The minimum atomic E-state index is -3.53. The van der Waals surface area contributed by atoms with E-state index in [1.165, 1.54) is 6.42 Å². The maximum Gasteiger partial charge on any atom is 0.245 e. The maximum atomic E-state index is 13.1. The first-order valence-corrected chi connectivity index (χ1v) is 9.21. The van der Waals surface area contributed by atoms with Crippen LogP contribution in [0, 0.1) is 13.8 Å². The first-order chi connectivity index (χ1) is 9.89. The Bertz CT molecular complexity index is 605. The largest absolute Gasteiger partial charge is 0.397 e. The van der Waals surface area contributed by atoms with E-state index in [-0.39, 0.29) is 6.04 Å². The molecule has 0 atom stereocenters. The smallest absolute Gasteiger partial charge is 0.245 e. The number of aryl methyl sites for hydroxylation is 2. The number of nitrogen functional groups attached to an aromatic ring is 1. The van der Waals surface area contributed by atoms with Crippen LogP contribution in [0.1, 0.15) is 50.2 Å². The number of benzene rings is 1. The topological polar surface area (TPSA) is 63.4 Å². The fraction of sp³-hybridized carbons (Fsp3) is 0.625. The Labute approximate surface area is 128 Å².